The van der Waals surface area contributed by atoms with Gasteiger partial charge in [0, 0.05) is 22.2 Å². The Bertz CT molecular complexity index is 935. The largest absolute Gasteiger partial charge is 0.338 e. The van der Waals surface area contributed by atoms with Crippen LogP contribution < -0.4 is 4.90 Å². The Morgan fingerprint density at radius 1 is 1.07 bits per heavy atom. The lowest BCUT2D eigenvalue weighted by Crippen LogP contribution is -2.47. The molecule has 0 N–H and O–H groups in total. The highest BCUT2D eigenvalue weighted by molar-refractivity contribution is 6.33. The van der Waals surface area contributed by atoms with E-state index in [9.17, 15) is 4.79 Å². The van der Waals surface area contributed by atoms with Crippen molar-refractivity contribution in [1.82, 2.24) is 0 Å². The molecule has 0 aromatic heterocycles. The van der Waals surface area contributed by atoms with Crippen molar-refractivity contribution in [2.24, 2.45) is 5.92 Å². The summed E-state index contributed by atoms with van der Waals surface area (Å²) in [4.78, 5) is 15.2. The van der Waals surface area contributed by atoms with Gasteiger partial charge < -0.3 is 14.4 Å². The van der Waals surface area contributed by atoms with E-state index >= 15 is 0 Å². The predicted molar refractivity (Wildman–Crippen MR) is 109 cm³/mol. The van der Waals surface area contributed by atoms with Crippen LogP contribution in [-0.4, -0.2) is 25.7 Å². The van der Waals surface area contributed by atoms with Crippen molar-refractivity contribution in [3.05, 3.63) is 63.1 Å². The van der Waals surface area contributed by atoms with Gasteiger partial charge in [-0.25, -0.2) is 0 Å². The zero-order valence-electron chi connectivity index (χ0n) is 15.4. The van der Waals surface area contributed by atoms with Crippen LogP contribution in [0.1, 0.15) is 36.0 Å². The minimum Gasteiger partial charge on any atom is -0.338 e. The fourth-order valence-electron chi connectivity index (χ4n) is 4.04. The van der Waals surface area contributed by atoms with Crippen molar-refractivity contribution < 1.29 is 14.3 Å². The number of hydrogen-bond donors (Lipinski definition) is 0. The molecule has 4 nitrogen and oxygen atoms in total. The van der Waals surface area contributed by atoms with Crippen LogP contribution in [0.4, 0.5) is 5.69 Å². The van der Waals surface area contributed by atoms with Gasteiger partial charge in [0.2, 0.25) is 0 Å². The second-order valence-electron chi connectivity index (χ2n) is 7.79. The average molecular weight is 418 g/mol. The number of rotatable bonds is 4. The van der Waals surface area contributed by atoms with Crippen LogP contribution in [0, 0.1) is 5.92 Å². The Hall–Kier alpha value is -1.59. The van der Waals surface area contributed by atoms with Crippen LogP contribution in [0.3, 0.4) is 0 Å². The first-order valence-corrected chi connectivity index (χ1v) is 10.5. The average Bonchev–Trinajstić information content (AvgIpc) is 3.50. The molecule has 2 fully saturated rings. The van der Waals surface area contributed by atoms with Gasteiger partial charge in [0.25, 0.3) is 11.7 Å². The summed E-state index contributed by atoms with van der Waals surface area (Å²) in [5.41, 5.74) is 3.71. The first kappa shape index (κ1) is 18.4. The third kappa shape index (κ3) is 3.13. The maximum Gasteiger partial charge on any atom is 0.292 e. The third-order valence-electron chi connectivity index (χ3n) is 5.67. The highest BCUT2D eigenvalue weighted by Gasteiger charge is 2.55. The van der Waals surface area contributed by atoms with E-state index in [1.165, 1.54) is 12.8 Å². The number of amides is 1. The van der Waals surface area contributed by atoms with E-state index in [4.69, 9.17) is 32.7 Å². The van der Waals surface area contributed by atoms with Gasteiger partial charge in [-0.2, -0.15) is 0 Å². The van der Waals surface area contributed by atoms with Gasteiger partial charge in [-0.05, 0) is 73.1 Å². The summed E-state index contributed by atoms with van der Waals surface area (Å²) in [7, 11) is 0. The van der Waals surface area contributed by atoms with Gasteiger partial charge in [0.15, 0.2) is 0 Å². The van der Waals surface area contributed by atoms with E-state index in [-0.39, 0.29) is 5.91 Å². The third-order valence-corrected chi connectivity index (χ3v) is 6.28. The number of carbonyl (C=O) groups is 1. The van der Waals surface area contributed by atoms with Crippen molar-refractivity contribution in [2.45, 2.75) is 31.5 Å². The van der Waals surface area contributed by atoms with Gasteiger partial charge in [-0.1, -0.05) is 29.3 Å². The molecular formula is C22H21Cl2NO3. The summed E-state index contributed by atoms with van der Waals surface area (Å²) in [6, 6.07) is 11.6. The van der Waals surface area contributed by atoms with Crippen LogP contribution in [-0.2, 0) is 26.5 Å². The minimum atomic E-state index is -1.30. The van der Waals surface area contributed by atoms with Gasteiger partial charge >= 0.3 is 0 Å². The lowest BCUT2D eigenvalue weighted by molar-refractivity contribution is -0.256. The molecule has 2 heterocycles. The zero-order valence-corrected chi connectivity index (χ0v) is 16.9. The predicted octanol–water partition coefficient (Wildman–Crippen LogP) is 4.93. The van der Waals surface area contributed by atoms with Crippen LogP contribution in [0.5, 0.6) is 0 Å². The standard InChI is InChI=1S/C22H21Cl2NO3/c23-17-5-6-19(24)16(12-17)10-15-4-7-20-18(11-15)22(27-8-1-9-28-22)21(26)25(20)13-14-2-3-14/h4-7,11-12,14H,1-3,8-10,13H2. The molecule has 1 aliphatic carbocycles. The SMILES string of the molecule is O=C1N(CC2CC2)c2ccc(Cc3cc(Cl)ccc3Cl)cc2C12OCCCO2. The number of carbonyl (C=O) groups excluding carboxylic acids is 1. The van der Waals surface area contributed by atoms with E-state index in [2.05, 4.69) is 0 Å². The molecule has 0 radical (unpaired) electrons. The Morgan fingerprint density at radius 2 is 1.86 bits per heavy atom. The number of fused-ring (bicyclic) bond motifs is 2. The van der Waals surface area contributed by atoms with Crippen LogP contribution >= 0.6 is 23.2 Å². The molecule has 0 unspecified atom stereocenters. The summed E-state index contributed by atoms with van der Waals surface area (Å²) in [6.07, 6.45) is 3.78. The fraction of sp³-hybridized carbons (Fsp3) is 0.409. The van der Waals surface area contributed by atoms with Gasteiger partial charge in [-0.15, -0.1) is 0 Å². The van der Waals surface area contributed by atoms with E-state index in [1.54, 1.807) is 6.07 Å². The molecule has 1 spiro atoms. The number of nitrogens with zero attached hydrogens (tertiary/aromatic N) is 1. The molecule has 0 atom stereocenters. The normalized spacial score (nSPS) is 20.6. The maximum atomic E-state index is 13.3. The monoisotopic (exact) mass is 417 g/mol. The molecule has 1 amide bonds. The number of benzene rings is 2. The van der Waals surface area contributed by atoms with E-state index in [1.807, 2.05) is 35.2 Å². The first-order valence-electron chi connectivity index (χ1n) is 9.74. The molecule has 0 bridgehead atoms. The number of halogens is 2. The Balaban J connectivity index is 1.54. The van der Waals surface area contributed by atoms with Gasteiger partial charge in [0.1, 0.15) is 0 Å². The molecule has 6 heteroatoms. The van der Waals surface area contributed by atoms with Crippen molar-refractivity contribution in [3.8, 4) is 0 Å². The van der Waals surface area contributed by atoms with E-state index < -0.39 is 5.79 Å². The minimum absolute atomic E-state index is 0.0907. The van der Waals surface area contributed by atoms with Crippen molar-refractivity contribution in [3.63, 3.8) is 0 Å². The first-order chi connectivity index (χ1) is 13.6. The van der Waals surface area contributed by atoms with Gasteiger partial charge in [0.05, 0.1) is 18.9 Å². The highest BCUT2D eigenvalue weighted by Crippen LogP contribution is 2.47. The Kier molecular flexibility index (Phi) is 4.63. The topological polar surface area (TPSA) is 38.8 Å². The molecule has 146 valence electrons. The molecule has 2 aromatic rings. The number of ether oxygens (including phenoxy) is 2. The van der Waals surface area contributed by atoms with Crippen LogP contribution in [0.25, 0.3) is 0 Å². The van der Waals surface area contributed by atoms with Crippen LogP contribution in [0.15, 0.2) is 36.4 Å². The molecule has 1 saturated carbocycles. The molecule has 3 aliphatic rings. The summed E-state index contributed by atoms with van der Waals surface area (Å²) < 4.78 is 12.0. The summed E-state index contributed by atoms with van der Waals surface area (Å²) in [6.45, 7) is 1.78. The number of hydrogen-bond acceptors (Lipinski definition) is 3. The second-order valence-corrected chi connectivity index (χ2v) is 8.63. The lowest BCUT2D eigenvalue weighted by Gasteiger charge is -2.32. The summed E-state index contributed by atoms with van der Waals surface area (Å²) >= 11 is 12.5. The molecule has 2 aromatic carbocycles. The van der Waals surface area contributed by atoms with E-state index in [0.717, 1.165) is 35.3 Å². The van der Waals surface area contributed by atoms with Crippen molar-refractivity contribution in [1.29, 1.82) is 0 Å². The smallest absolute Gasteiger partial charge is 0.292 e. The molecule has 28 heavy (non-hydrogen) atoms. The Labute approximate surface area is 174 Å². The van der Waals surface area contributed by atoms with Crippen molar-refractivity contribution in [2.75, 3.05) is 24.7 Å². The highest BCUT2D eigenvalue weighted by atomic mass is 35.5. The molecule has 2 aliphatic heterocycles. The van der Waals surface area contributed by atoms with Gasteiger partial charge in [-0.3, -0.25) is 4.79 Å². The number of anilines is 1. The molecular weight excluding hydrogens is 397 g/mol. The molecule has 1 saturated heterocycles. The van der Waals surface area contributed by atoms with E-state index in [0.29, 0.717) is 35.6 Å². The van der Waals surface area contributed by atoms with Crippen molar-refractivity contribution >= 4 is 34.8 Å². The molecule has 5 rings (SSSR count). The second kappa shape index (κ2) is 7.03. The summed E-state index contributed by atoms with van der Waals surface area (Å²) in [5.74, 6) is -0.802. The zero-order chi connectivity index (χ0) is 19.3. The quantitative estimate of drug-likeness (QED) is 0.707. The fourth-order valence-corrected chi connectivity index (χ4v) is 4.42. The lowest BCUT2D eigenvalue weighted by atomic mass is 9.98. The maximum absolute atomic E-state index is 13.3. The van der Waals surface area contributed by atoms with Crippen LogP contribution in [0.2, 0.25) is 10.0 Å². The Morgan fingerprint density at radius 3 is 2.61 bits per heavy atom. The summed E-state index contributed by atoms with van der Waals surface area (Å²) in [5, 5.41) is 1.33.